The lowest BCUT2D eigenvalue weighted by Gasteiger charge is -2.16. The van der Waals surface area contributed by atoms with Gasteiger partial charge in [0.05, 0.1) is 7.11 Å². The minimum absolute atomic E-state index is 0.268. The van der Waals surface area contributed by atoms with Gasteiger partial charge < -0.3 is 15.4 Å². The smallest absolute Gasteiger partial charge is 0.218 e. The maximum Gasteiger partial charge on any atom is 0.218 e. The van der Waals surface area contributed by atoms with Gasteiger partial charge in [-0.25, -0.2) is 9.97 Å². The van der Waals surface area contributed by atoms with E-state index in [0.717, 1.165) is 12.8 Å². The van der Waals surface area contributed by atoms with E-state index in [2.05, 4.69) is 51.8 Å². The van der Waals surface area contributed by atoms with Crippen LogP contribution in [0.5, 0.6) is 5.88 Å². The number of aromatic nitrogens is 2. The summed E-state index contributed by atoms with van der Waals surface area (Å²) in [5, 5.41) is 6.83. The first-order valence-electron chi connectivity index (χ1n) is 7.15. The van der Waals surface area contributed by atoms with Crippen molar-refractivity contribution in [2.75, 3.05) is 12.4 Å². The third kappa shape index (κ3) is 5.29. The monoisotopic (exact) mass is 316 g/mol. The van der Waals surface area contributed by atoms with Crippen molar-refractivity contribution in [2.24, 2.45) is 0 Å². The van der Waals surface area contributed by atoms with Crippen molar-refractivity contribution in [3.63, 3.8) is 0 Å². The molecule has 0 saturated carbocycles. The summed E-state index contributed by atoms with van der Waals surface area (Å²) in [6, 6.07) is 12.4. The van der Waals surface area contributed by atoms with Gasteiger partial charge in [0.25, 0.3) is 0 Å². The summed E-state index contributed by atoms with van der Waals surface area (Å²) in [6.45, 7) is 2.11. The summed E-state index contributed by atoms with van der Waals surface area (Å²) >= 11 is 5.30. The Labute approximate surface area is 136 Å². The Morgan fingerprint density at radius 3 is 2.77 bits per heavy atom. The lowest BCUT2D eigenvalue weighted by Crippen LogP contribution is -2.36. The lowest BCUT2D eigenvalue weighted by atomic mass is 10.1. The highest BCUT2D eigenvalue weighted by Gasteiger charge is 2.06. The SMILES string of the molecule is COc1cc(NC(=S)N[C@@H](C)CCc2ccccc2)ncn1. The van der Waals surface area contributed by atoms with Gasteiger partial charge in [0.2, 0.25) is 5.88 Å². The third-order valence-corrected chi connectivity index (χ3v) is 3.40. The predicted octanol–water partition coefficient (Wildman–Crippen LogP) is 2.79. The second kappa shape index (κ2) is 8.29. The standard InChI is InChI=1S/C16H20N4OS/c1-12(8-9-13-6-4-3-5-7-13)19-16(22)20-14-10-15(21-2)18-11-17-14/h3-7,10-12H,8-9H2,1-2H3,(H2,17,18,19,20,22)/t12-/m0/s1. The molecule has 0 fully saturated rings. The molecule has 0 saturated heterocycles. The number of nitrogens with one attached hydrogen (secondary N) is 2. The molecule has 22 heavy (non-hydrogen) atoms. The molecule has 6 heteroatoms. The first kappa shape index (κ1) is 16.2. The number of rotatable bonds is 6. The highest BCUT2D eigenvalue weighted by Crippen LogP contribution is 2.10. The summed E-state index contributed by atoms with van der Waals surface area (Å²) in [6.07, 6.45) is 3.44. The molecule has 0 unspecified atom stereocenters. The zero-order chi connectivity index (χ0) is 15.8. The van der Waals surface area contributed by atoms with E-state index >= 15 is 0 Å². The van der Waals surface area contributed by atoms with Gasteiger partial charge in [-0.3, -0.25) is 0 Å². The van der Waals surface area contributed by atoms with E-state index in [0.29, 0.717) is 16.8 Å². The van der Waals surface area contributed by atoms with Crippen LogP contribution in [0.3, 0.4) is 0 Å². The Hall–Kier alpha value is -2.21. The van der Waals surface area contributed by atoms with Gasteiger partial charge in [-0.1, -0.05) is 30.3 Å². The summed E-state index contributed by atoms with van der Waals surface area (Å²) in [5.74, 6) is 1.11. The van der Waals surface area contributed by atoms with Gasteiger partial charge in [-0.05, 0) is 37.5 Å². The Balaban J connectivity index is 1.78. The van der Waals surface area contributed by atoms with E-state index in [1.807, 2.05) is 6.07 Å². The first-order valence-corrected chi connectivity index (χ1v) is 7.55. The van der Waals surface area contributed by atoms with Crippen LogP contribution in [0.1, 0.15) is 18.9 Å². The molecule has 5 nitrogen and oxygen atoms in total. The fourth-order valence-corrected chi connectivity index (χ4v) is 2.30. The Bertz CT molecular complexity index is 606. The highest BCUT2D eigenvalue weighted by atomic mass is 32.1. The van der Waals surface area contributed by atoms with E-state index in [9.17, 15) is 0 Å². The average Bonchev–Trinajstić information content (AvgIpc) is 2.54. The Morgan fingerprint density at radius 1 is 1.27 bits per heavy atom. The molecule has 1 aromatic heterocycles. The quantitative estimate of drug-likeness (QED) is 0.799. The molecule has 116 valence electrons. The van der Waals surface area contributed by atoms with Gasteiger partial charge in [-0.2, -0.15) is 0 Å². The second-order valence-electron chi connectivity index (χ2n) is 4.97. The lowest BCUT2D eigenvalue weighted by molar-refractivity contribution is 0.397. The number of ether oxygens (including phenoxy) is 1. The van der Waals surface area contributed by atoms with Crippen LogP contribution in [0.4, 0.5) is 5.82 Å². The van der Waals surface area contributed by atoms with Crippen LogP contribution in [0, 0.1) is 0 Å². The summed E-state index contributed by atoms with van der Waals surface area (Å²) in [4.78, 5) is 8.05. The fraction of sp³-hybridized carbons (Fsp3) is 0.312. The van der Waals surface area contributed by atoms with Crippen molar-refractivity contribution in [3.05, 3.63) is 48.3 Å². The largest absolute Gasteiger partial charge is 0.481 e. The molecule has 1 heterocycles. The van der Waals surface area contributed by atoms with Gasteiger partial charge in [0.15, 0.2) is 5.11 Å². The molecule has 0 amide bonds. The number of benzene rings is 1. The van der Waals surface area contributed by atoms with Crippen molar-refractivity contribution in [3.8, 4) is 5.88 Å². The minimum atomic E-state index is 0.268. The number of anilines is 1. The van der Waals surface area contributed by atoms with Crippen molar-refractivity contribution in [1.29, 1.82) is 0 Å². The number of hydrogen-bond acceptors (Lipinski definition) is 4. The van der Waals surface area contributed by atoms with Crippen LogP contribution < -0.4 is 15.4 Å². The molecule has 0 aliphatic rings. The van der Waals surface area contributed by atoms with Crippen LogP contribution in [-0.2, 0) is 6.42 Å². The number of thiocarbonyl (C=S) groups is 1. The molecule has 2 N–H and O–H groups in total. The third-order valence-electron chi connectivity index (χ3n) is 3.18. The molecule has 0 aliphatic heterocycles. The molecule has 0 spiro atoms. The van der Waals surface area contributed by atoms with Crippen LogP contribution in [0.15, 0.2) is 42.7 Å². The van der Waals surface area contributed by atoms with Crippen molar-refractivity contribution in [1.82, 2.24) is 15.3 Å². The van der Waals surface area contributed by atoms with Gasteiger partial charge in [0.1, 0.15) is 12.1 Å². The molecule has 0 radical (unpaired) electrons. The van der Waals surface area contributed by atoms with E-state index in [1.54, 1.807) is 13.2 Å². The van der Waals surface area contributed by atoms with E-state index in [1.165, 1.54) is 11.9 Å². The average molecular weight is 316 g/mol. The number of hydrogen-bond donors (Lipinski definition) is 2. The fourth-order valence-electron chi connectivity index (χ4n) is 2.00. The van der Waals surface area contributed by atoms with Crippen molar-refractivity contribution < 1.29 is 4.74 Å². The maximum atomic E-state index is 5.30. The molecule has 1 atom stereocenters. The highest BCUT2D eigenvalue weighted by molar-refractivity contribution is 7.80. The van der Waals surface area contributed by atoms with Crippen LogP contribution >= 0.6 is 12.2 Å². The number of nitrogens with zero attached hydrogens (tertiary/aromatic N) is 2. The zero-order valence-electron chi connectivity index (χ0n) is 12.7. The maximum absolute atomic E-state index is 5.30. The number of methoxy groups -OCH3 is 1. The van der Waals surface area contributed by atoms with Gasteiger partial charge in [-0.15, -0.1) is 0 Å². The predicted molar refractivity (Wildman–Crippen MR) is 92.2 cm³/mol. The minimum Gasteiger partial charge on any atom is -0.481 e. The van der Waals surface area contributed by atoms with Gasteiger partial charge >= 0.3 is 0 Å². The number of aryl methyl sites for hydroxylation is 1. The van der Waals surface area contributed by atoms with E-state index in [4.69, 9.17) is 17.0 Å². The molecule has 1 aromatic carbocycles. The zero-order valence-corrected chi connectivity index (χ0v) is 13.6. The first-order chi connectivity index (χ1) is 10.7. The van der Waals surface area contributed by atoms with E-state index in [-0.39, 0.29) is 6.04 Å². The van der Waals surface area contributed by atoms with Gasteiger partial charge in [0, 0.05) is 12.1 Å². The topological polar surface area (TPSA) is 59.1 Å². The molecule has 2 aromatic rings. The Kier molecular flexibility index (Phi) is 6.09. The Morgan fingerprint density at radius 2 is 2.05 bits per heavy atom. The summed E-state index contributed by atoms with van der Waals surface area (Å²) in [7, 11) is 1.56. The molecule has 0 bridgehead atoms. The normalized spacial score (nSPS) is 11.5. The van der Waals surface area contributed by atoms with Crippen LogP contribution in [0.2, 0.25) is 0 Å². The van der Waals surface area contributed by atoms with Crippen LogP contribution in [-0.4, -0.2) is 28.2 Å². The van der Waals surface area contributed by atoms with Crippen molar-refractivity contribution >= 4 is 23.1 Å². The second-order valence-corrected chi connectivity index (χ2v) is 5.38. The summed E-state index contributed by atoms with van der Waals surface area (Å²) in [5.41, 5.74) is 1.33. The molecule has 0 aliphatic carbocycles. The van der Waals surface area contributed by atoms with Crippen molar-refractivity contribution in [2.45, 2.75) is 25.8 Å². The summed E-state index contributed by atoms with van der Waals surface area (Å²) < 4.78 is 5.05. The molecular weight excluding hydrogens is 296 g/mol. The molecule has 2 rings (SSSR count). The van der Waals surface area contributed by atoms with E-state index < -0.39 is 0 Å². The van der Waals surface area contributed by atoms with Crippen LogP contribution in [0.25, 0.3) is 0 Å². The molecular formula is C16H20N4OS.